The third kappa shape index (κ3) is 2.30. The zero-order chi connectivity index (χ0) is 11.4. The number of rotatable bonds is 3. The lowest BCUT2D eigenvalue weighted by molar-refractivity contribution is 0.111. The second kappa shape index (κ2) is 4.93. The van der Waals surface area contributed by atoms with Crippen LogP contribution in [0, 0.1) is 23.2 Å². The molecule has 1 aliphatic rings. The average molecular weight is 217 g/mol. The highest BCUT2D eigenvalue weighted by atomic mass is 16.1. The lowest BCUT2D eigenvalue weighted by atomic mass is 9.83. The Hall–Kier alpha value is -1.63. The Labute approximate surface area is 94.9 Å². The van der Waals surface area contributed by atoms with Gasteiger partial charge in [0.2, 0.25) is 0 Å². The van der Waals surface area contributed by atoms with Gasteiger partial charge in [-0.2, -0.15) is 5.26 Å². The van der Waals surface area contributed by atoms with Crippen molar-refractivity contribution in [3.05, 3.63) is 18.2 Å². The van der Waals surface area contributed by atoms with Crippen molar-refractivity contribution in [2.75, 3.05) is 0 Å². The predicted octanol–water partition coefficient (Wildman–Crippen LogP) is 2.03. The van der Waals surface area contributed by atoms with Crippen LogP contribution in [0.1, 0.15) is 36.2 Å². The van der Waals surface area contributed by atoms with E-state index < -0.39 is 0 Å². The molecular weight excluding hydrogens is 202 g/mol. The van der Waals surface area contributed by atoms with Gasteiger partial charge in [0.05, 0.1) is 18.6 Å². The summed E-state index contributed by atoms with van der Waals surface area (Å²) in [5, 5.41) is 8.80. The molecule has 84 valence electrons. The van der Waals surface area contributed by atoms with Gasteiger partial charge < -0.3 is 4.57 Å². The number of aromatic nitrogens is 2. The van der Waals surface area contributed by atoms with Crippen molar-refractivity contribution < 1.29 is 4.79 Å². The summed E-state index contributed by atoms with van der Waals surface area (Å²) in [6, 6.07) is 2.33. The van der Waals surface area contributed by atoms with E-state index in [4.69, 9.17) is 5.26 Å². The van der Waals surface area contributed by atoms with E-state index in [1.807, 2.05) is 4.57 Å². The minimum Gasteiger partial charge on any atom is -0.328 e. The summed E-state index contributed by atoms with van der Waals surface area (Å²) in [6.07, 6.45) is 8.28. The van der Waals surface area contributed by atoms with Crippen LogP contribution in [0.4, 0.5) is 0 Å². The van der Waals surface area contributed by atoms with Crippen molar-refractivity contribution in [1.29, 1.82) is 5.26 Å². The van der Waals surface area contributed by atoms with E-state index in [0.717, 1.165) is 38.5 Å². The Morgan fingerprint density at radius 2 is 2.25 bits per heavy atom. The van der Waals surface area contributed by atoms with E-state index in [-0.39, 0.29) is 5.92 Å². The molecule has 1 aromatic heterocycles. The van der Waals surface area contributed by atoms with Crippen LogP contribution < -0.4 is 0 Å². The van der Waals surface area contributed by atoms with E-state index in [1.54, 1.807) is 12.5 Å². The van der Waals surface area contributed by atoms with Gasteiger partial charge in [0.25, 0.3) is 0 Å². The van der Waals surface area contributed by atoms with Crippen molar-refractivity contribution in [2.45, 2.75) is 32.2 Å². The molecule has 1 fully saturated rings. The largest absolute Gasteiger partial charge is 0.328 e. The Morgan fingerprint density at radius 1 is 1.50 bits per heavy atom. The molecule has 0 amide bonds. The van der Waals surface area contributed by atoms with Gasteiger partial charge in [0, 0.05) is 12.5 Å². The molecule has 0 bridgehead atoms. The molecule has 16 heavy (non-hydrogen) atoms. The molecule has 2 rings (SSSR count). The van der Waals surface area contributed by atoms with Gasteiger partial charge in [-0.25, -0.2) is 4.98 Å². The summed E-state index contributed by atoms with van der Waals surface area (Å²) in [5.41, 5.74) is 0.641. The van der Waals surface area contributed by atoms with Gasteiger partial charge in [-0.05, 0) is 31.6 Å². The van der Waals surface area contributed by atoms with Crippen LogP contribution in [0.25, 0.3) is 0 Å². The highest BCUT2D eigenvalue weighted by Gasteiger charge is 2.21. The first-order chi connectivity index (χ1) is 7.83. The number of carbonyl (C=O) groups excluding carboxylic acids is 1. The number of nitriles is 1. The molecule has 0 unspecified atom stereocenters. The molecular formula is C12H15N3O. The third-order valence-corrected chi connectivity index (χ3v) is 3.35. The number of carbonyl (C=O) groups is 1. The van der Waals surface area contributed by atoms with Gasteiger partial charge in [0.15, 0.2) is 6.29 Å². The maximum absolute atomic E-state index is 10.7. The quantitative estimate of drug-likeness (QED) is 0.728. The molecule has 4 heteroatoms. The van der Waals surface area contributed by atoms with Gasteiger partial charge in [0.1, 0.15) is 5.69 Å². The molecule has 0 aliphatic heterocycles. The number of imidazole rings is 1. The van der Waals surface area contributed by atoms with Crippen molar-refractivity contribution in [3.63, 3.8) is 0 Å². The van der Waals surface area contributed by atoms with Crippen LogP contribution in [0.2, 0.25) is 0 Å². The van der Waals surface area contributed by atoms with E-state index in [1.165, 1.54) is 0 Å². The Kier molecular flexibility index (Phi) is 3.35. The first-order valence-corrected chi connectivity index (χ1v) is 5.68. The minimum atomic E-state index is 0.240. The topological polar surface area (TPSA) is 58.7 Å². The Balaban J connectivity index is 1.92. The van der Waals surface area contributed by atoms with Gasteiger partial charge in [-0.1, -0.05) is 0 Å². The molecule has 1 aromatic rings. The van der Waals surface area contributed by atoms with Crippen LogP contribution in [-0.2, 0) is 6.54 Å². The average Bonchev–Trinajstić information content (AvgIpc) is 2.77. The molecule has 0 atom stereocenters. The van der Waals surface area contributed by atoms with Gasteiger partial charge >= 0.3 is 0 Å². The summed E-state index contributed by atoms with van der Waals surface area (Å²) in [5.74, 6) is 0.821. The standard InChI is InChI=1S/C12H15N3O/c13-5-10-1-3-11(4-2-10)7-15-9-14-6-12(15)8-16/h6,8-11H,1-4,7H2. The van der Waals surface area contributed by atoms with E-state index in [9.17, 15) is 4.79 Å². The molecule has 0 aromatic carbocycles. The summed E-state index contributed by atoms with van der Waals surface area (Å²) in [4.78, 5) is 14.7. The number of aldehydes is 1. The second-order valence-electron chi connectivity index (χ2n) is 4.44. The molecule has 1 aliphatic carbocycles. The van der Waals surface area contributed by atoms with Crippen molar-refractivity contribution in [1.82, 2.24) is 9.55 Å². The van der Waals surface area contributed by atoms with Crippen LogP contribution in [0.15, 0.2) is 12.5 Å². The maximum atomic E-state index is 10.7. The van der Waals surface area contributed by atoms with Gasteiger partial charge in [-0.3, -0.25) is 4.79 Å². The lowest BCUT2D eigenvalue weighted by Crippen LogP contribution is -2.18. The molecule has 0 radical (unpaired) electrons. The normalized spacial score (nSPS) is 24.9. The molecule has 4 nitrogen and oxygen atoms in total. The van der Waals surface area contributed by atoms with Crippen molar-refractivity contribution >= 4 is 6.29 Å². The highest BCUT2D eigenvalue weighted by molar-refractivity contribution is 5.71. The molecule has 0 N–H and O–H groups in total. The monoisotopic (exact) mass is 217 g/mol. The molecule has 0 saturated heterocycles. The zero-order valence-electron chi connectivity index (χ0n) is 9.17. The first-order valence-electron chi connectivity index (χ1n) is 5.68. The number of hydrogen-bond acceptors (Lipinski definition) is 3. The smallest absolute Gasteiger partial charge is 0.168 e. The first kappa shape index (κ1) is 10.9. The van der Waals surface area contributed by atoms with E-state index in [2.05, 4.69) is 11.1 Å². The number of hydrogen-bond donors (Lipinski definition) is 0. The van der Waals surface area contributed by atoms with E-state index in [0.29, 0.717) is 11.6 Å². The fourth-order valence-corrected chi connectivity index (χ4v) is 2.33. The summed E-state index contributed by atoms with van der Waals surface area (Å²) < 4.78 is 1.91. The number of nitrogens with zero attached hydrogens (tertiary/aromatic N) is 3. The zero-order valence-corrected chi connectivity index (χ0v) is 9.17. The van der Waals surface area contributed by atoms with Crippen LogP contribution in [0.3, 0.4) is 0 Å². The predicted molar refractivity (Wildman–Crippen MR) is 58.7 cm³/mol. The second-order valence-corrected chi connectivity index (χ2v) is 4.44. The van der Waals surface area contributed by atoms with Crippen molar-refractivity contribution in [3.8, 4) is 6.07 Å². The molecule has 1 saturated carbocycles. The fraction of sp³-hybridized carbons (Fsp3) is 0.583. The SMILES string of the molecule is N#CC1CCC(Cn2cncc2C=O)CC1. The molecule has 0 spiro atoms. The summed E-state index contributed by atoms with van der Waals surface area (Å²) >= 11 is 0. The van der Waals surface area contributed by atoms with Crippen LogP contribution in [0.5, 0.6) is 0 Å². The van der Waals surface area contributed by atoms with Crippen LogP contribution in [-0.4, -0.2) is 15.8 Å². The summed E-state index contributed by atoms with van der Waals surface area (Å²) in [6.45, 7) is 0.853. The maximum Gasteiger partial charge on any atom is 0.168 e. The van der Waals surface area contributed by atoms with E-state index >= 15 is 0 Å². The highest BCUT2D eigenvalue weighted by Crippen LogP contribution is 2.29. The van der Waals surface area contributed by atoms with Crippen molar-refractivity contribution in [2.24, 2.45) is 11.8 Å². The Bertz CT molecular complexity index is 397. The fourth-order valence-electron chi connectivity index (χ4n) is 2.33. The molecule has 1 heterocycles. The van der Waals surface area contributed by atoms with Gasteiger partial charge in [-0.15, -0.1) is 0 Å². The lowest BCUT2D eigenvalue weighted by Gasteiger charge is -2.25. The minimum absolute atomic E-state index is 0.240. The third-order valence-electron chi connectivity index (χ3n) is 3.35. The summed E-state index contributed by atoms with van der Waals surface area (Å²) in [7, 11) is 0. The van der Waals surface area contributed by atoms with Crippen LogP contribution >= 0.6 is 0 Å². The Morgan fingerprint density at radius 3 is 2.88 bits per heavy atom.